The number of para-hydroxylation sites is 1. The van der Waals surface area contributed by atoms with E-state index in [1.54, 1.807) is 0 Å². The van der Waals surface area contributed by atoms with E-state index in [-0.39, 0.29) is 6.10 Å². The lowest BCUT2D eigenvalue weighted by atomic mass is 10.1. The molecule has 0 aromatic heterocycles. The summed E-state index contributed by atoms with van der Waals surface area (Å²) in [6.07, 6.45) is 1.66. The third-order valence-electron chi connectivity index (χ3n) is 2.77. The molecule has 0 radical (unpaired) electrons. The summed E-state index contributed by atoms with van der Waals surface area (Å²) in [7, 11) is 0. The van der Waals surface area contributed by atoms with Crippen LogP contribution in [-0.4, -0.2) is 0 Å². The molecule has 0 fully saturated rings. The number of hydrogen-bond donors (Lipinski definition) is 1. The molecule has 1 atom stereocenters. The average Bonchev–Trinajstić information content (AvgIpc) is 2.87. The van der Waals surface area contributed by atoms with Crippen molar-refractivity contribution in [2.75, 3.05) is 0 Å². The zero-order chi connectivity index (χ0) is 13.1. The first kappa shape index (κ1) is 12.1. The van der Waals surface area contributed by atoms with Gasteiger partial charge < -0.3 is 4.74 Å². The molecule has 0 bridgehead atoms. The van der Waals surface area contributed by atoms with Crippen molar-refractivity contribution in [1.82, 2.24) is 5.48 Å². The van der Waals surface area contributed by atoms with E-state index in [0.717, 1.165) is 17.1 Å². The number of rotatable bonds is 3. The molecule has 1 N–H and O–H groups in total. The van der Waals surface area contributed by atoms with E-state index < -0.39 is 0 Å². The van der Waals surface area contributed by atoms with Gasteiger partial charge in [0.1, 0.15) is 22.8 Å². The van der Waals surface area contributed by atoms with Crippen LogP contribution in [-0.2, 0) is 4.84 Å². The minimum atomic E-state index is -0.154. The van der Waals surface area contributed by atoms with Gasteiger partial charge >= 0.3 is 0 Å². The lowest BCUT2D eigenvalue weighted by Gasteiger charge is -2.09. The highest BCUT2D eigenvalue weighted by Crippen LogP contribution is 2.28. The molecule has 3 rings (SSSR count). The van der Waals surface area contributed by atoms with E-state index in [1.807, 2.05) is 60.7 Å². The second-order valence-electron chi connectivity index (χ2n) is 4.14. The maximum absolute atomic E-state index is 5.80. The van der Waals surface area contributed by atoms with Crippen LogP contribution in [0.15, 0.2) is 65.8 Å². The van der Waals surface area contributed by atoms with Gasteiger partial charge in [0.15, 0.2) is 0 Å². The van der Waals surface area contributed by atoms with E-state index >= 15 is 0 Å². The van der Waals surface area contributed by atoms with Gasteiger partial charge in [-0.1, -0.05) is 41.9 Å². The van der Waals surface area contributed by atoms with E-state index in [4.69, 9.17) is 21.2 Å². The van der Waals surface area contributed by atoms with Crippen molar-refractivity contribution in [2.45, 2.75) is 6.10 Å². The van der Waals surface area contributed by atoms with Crippen molar-refractivity contribution in [3.05, 3.63) is 71.4 Å². The molecule has 0 saturated carbocycles. The standard InChI is InChI=1S/C15H12ClNO2/c16-15-10-14(19-17-15)11-6-8-13(9-7-11)18-12-4-2-1-3-5-12/h1-10,14,17H/t14-/m1/s1. The fraction of sp³-hybridized carbons (Fsp3) is 0.0667. The molecule has 0 unspecified atom stereocenters. The largest absolute Gasteiger partial charge is 0.457 e. The second-order valence-corrected chi connectivity index (χ2v) is 4.55. The Labute approximate surface area is 116 Å². The van der Waals surface area contributed by atoms with Crippen LogP contribution in [0.5, 0.6) is 11.5 Å². The third kappa shape index (κ3) is 2.89. The predicted molar refractivity (Wildman–Crippen MR) is 73.9 cm³/mol. The monoisotopic (exact) mass is 273 g/mol. The minimum Gasteiger partial charge on any atom is -0.457 e. The summed E-state index contributed by atoms with van der Waals surface area (Å²) in [6, 6.07) is 17.4. The maximum atomic E-state index is 5.80. The molecule has 1 heterocycles. The van der Waals surface area contributed by atoms with Gasteiger partial charge in [-0.25, -0.2) is 0 Å². The normalized spacial score (nSPS) is 17.7. The zero-order valence-electron chi connectivity index (χ0n) is 10.0. The van der Waals surface area contributed by atoms with Gasteiger partial charge in [-0.2, -0.15) is 0 Å². The van der Waals surface area contributed by atoms with Crippen LogP contribution >= 0.6 is 11.6 Å². The smallest absolute Gasteiger partial charge is 0.132 e. The molecule has 96 valence electrons. The lowest BCUT2D eigenvalue weighted by molar-refractivity contribution is 0.0451. The topological polar surface area (TPSA) is 30.5 Å². The first-order valence-electron chi connectivity index (χ1n) is 5.93. The third-order valence-corrected chi connectivity index (χ3v) is 2.97. The summed E-state index contributed by atoms with van der Waals surface area (Å²) in [5.41, 5.74) is 3.63. The quantitative estimate of drug-likeness (QED) is 0.853. The van der Waals surface area contributed by atoms with Crippen LogP contribution < -0.4 is 10.2 Å². The second kappa shape index (κ2) is 5.34. The van der Waals surface area contributed by atoms with Crippen molar-refractivity contribution >= 4 is 11.6 Å². The number of benzene rings is 2. The number of hydrogen-bond acceptors (Lipinski definition) is 3. The Morgan fingerprint density at radius 2 is 1.63 bits per heavy atom. The van der Waals surface area contributed by atoms with E-state index in [0.29, 0.717) is 5.16 Å². The SMILES string of the molecule is ClC1=C[C@H](c2ccc(Oc3ccccc3)cc2)ON1. The molecule has 2 aromatic rings. The number of ether oxygens (including phenoxy) is 1. The van der Waals surface area contributed by atoms with Gasteiger partial charge in [-0.05, 0) is 35.9 Å². The summed E-state index contributed by atoms with van der Waals surface area (Å²) in [5, 5.41) is 0.509. The Morgan fingerprint density at radius 1 is 0.947 bits per heavy atom. The molecule has 0 saturated heterocycles. The average molecular weight is 274 g/mol. The summed E-state index contributed by atoms with van der Waals surface area (Å²) in [6.45, 7) is 0. The van der Waals surface area contributed by atoms with Crippen LogP contribution in [0, 0.1) is 0 Å². The predicted octanol–water partition coefficient (Wildman–Crippen LogP) is 4.14. The molecule has 2 aromatic carbocycles. The molecule has 1 aliphatic heterocycles. The molecule has 0 amide bonds. The summed E-state index contributed by atoms with van der Waals surface area (Å²) in [5.74, 6) is 1.60. The van der Waals surface area contributed by atoms with Gasteiger partial charge in [0, 0.05) is 0 Å². The highest BCUT2D eigenvalue weighted by atomic mass is 35.5. The van der Waals surface area contributed by atoms with Crippen LogP contribution in [0.25, 0.3) is 0 Å². The van der Waals surface area contributed by atoms with Crippen LogP contribution in [0.1, 0.15) is 11.7 Å². The minimum absolute atomic E-state index is 0.154. The Hall–Kier alpha value is -1.97. The molecule has 1 aliphatic rings. The number of hydroxylamine groups is 1. The molecule has 0 spiro atoms. The molecule has 4 heteroatoms. The Kier molecular flexibility index (Phi) is 3.40. The van der Waals surface area contributed by atoms with E-state index in [2.05, 4.69) is 5.48 Å². The molecule has 3 nitrogen and oxygen atoms in total. The zero-order valence-corrected chi connectivity index (χ0v) is 10.8. The van der Waals surface area contributed by atoms with Crippen LogP contribution in [0.4, 0.5) is 0 Å². The van der Waals surface area contributed by atoms with Crippen molar-refractivity contribution in [2.24, 2.45) is 0 Å². The van der Waals surface area contributed by atoms with Gasteiger partial charge in [-0.15, -0.1) is 0 Å². The van der Waals surface area contributed by atoms with Crippen molar-refractivity contribution in [3.63, 3.8) is 0 Å². The fourth-order valence-corrected chi connectivity index (χ4v) is 1.99. The van der Waals surface area contributed by atoms with Gasteiger partial charge in [0.25, 0.3) is 0 Å². The Balaban J connectivity index is 1.73. The lowest BCUT2D eigenvalue weighted by Crippen LogP contribution is -2.05. The first-order valence-corrected chi connectivity index (χ1v) is 6.31. The Morgan fingerprint density at radius 3 is 2.26 bits per heavy atom. The summed E-state index contributed by atoms with van der Waals surface area (Å²) < 4.78 is 5.72. The van der Waals surface area contributed by atoms with Crippen molar-refractivity contribution in [1.29, 1.82) is 0 Å². The molecule has 19 heavy (non-hydrogen) atoms. The van der Waals surface area contributed by atoms with E-state index in [9.17, 15) is 0 Å². The van der Waals surface area contributed by atoms with Crippen molar-refractivity contribution in [3.8, 4) is 11.5 Å². The molecular formula is C15H12ClNO2. The van der Waals surface area contributed by atoms with Crippen molar-refractivity contribution < 1.29 is 9.57 Å². The number of nitrogens with one attached hydrogen (secondary N) is 1. The molecular weight excluding hydrogens is 262 g/mol. The molecule has 0 aliphatic carbocycles. The van der Waals surface area contributed by atoms with Gasteiger partial charge in [-0.3, -0.25) is 10.3 Å². The number of halogens is 1. The van der Waals surface area contributed by atoms with Gasteiger partial charge in [0.2, 0.25) is 0 Å². The summed E-state index contributed by atoms with van der Waals surface area (Å²) in [4.78, 5) is 5.29. The van der Waals surface area contributed by atoms with Crippen LogP contribution in [0.2, 0.25) is 0 Å². The van der Waals surface area contributed by atoms with Crippen LogP contribution in [0.3, 0.4) is 0 Å². The maximum Gasteiger partial charge on any atom is 0.132 e. The van der Waals surface area contributed by atoms with Gasteiger partial charge in [0.05, 0.1) is 0 Å². The first-order chi connectivity index (χ1) is 9.31. The van der Waals surface area contributed by atoms with E-state index in [1.165, 1.54) is 0 Å². The fourth-order valence-electron chi connectivity index (χ4n) is 1.84. The summed E-state index contributed by atoms with van der Waals surface area (Å²) >= 11 is 5.80. The highest BCUT2D eigenvalue weighted by Gasteiger charge is 2.16. The Bertz CT molecular complexity index is 581. The highest BCUT2D eigenvalue weighted by molar-refractivity contribution is 6.29.